The van der Waals surface area contributed by atoms with E-state index >= 15 is 0 Å². The zero-order valence-electron chi connectivity index (χ0n) is 17.9. The van der Waals surface area contributed by atoms with Crippen LogP contribution in [0.2, 0.25) is 0 Å². The Morgan fingerprint density at radius 1 is 1.20 bits per heavy atom. The van der Waals surface area contributed by atoms with E-state index in [4.69, 9.17) is 4.74 Å². The number of amides is 1. The monoisotopic (exact) mass is 438 g/mol. The highest BCUT2D eigenvalue weighted by molar-refractivity contribution is 7.89. The van der Waals surface area contributed by atoms with Crippen molar-refractivity contribution >= 4 is 27.7 Å². The first-order chi connectivity index (χ1) is 14.0. The molecule has 0 radical (unpaired) electrons. The lowest BCUT2D eigenvalue weighted by Crippen LogP contribution is -2.47. The summed E-state index contributed by atoms with van der Waals surface area (Å²) in [5.74, 6) is -0.336. The fourth-order valence-corrected chi connectivity index (χ4v) is 4.74. The number of carbonyl (C=O) groups is 3. The zero-order chi connectivity index (χ0) is 22.5. The molecule has 30 heavy (non-hydrogen) atoms. The summed E-state index contributed by atoms with van der Waals surface area (Å²) in [6.45, 7) is 8.17. The fraction of sp³-hybridized carbons (Fsp3) is 0.571. The maximum atomic E-state index is 12.5. The minimum absolute atomic E-state index is 0.0551. The number of ketones is 1. The summed E-state index contributed by atoms with van der Waals surface area (Å²) in [5.41, 5.74) is 0.283. The van der Waals surface area contributed by atoms with Crippen molar-refractivity contribution in [3.8, 4) is 0 Å². The van der Waals surface area contributed by atoms with Gasteiger partial charge in [-0.2, -0.15) is 0 Å². The molecule has 166 valence electrons. The van der Waals surface area contributed by atoms with Crippen LogP contribution in [-0.2, 0) is 24.3 Å². The number of Topliss-reactive ketones (excluding diaryl/α,β-unsaturated/α-hetero) is 1. The lowest BCUT2D eigenvalue weighted by atomic mass is 9.91. The van der Waals surface area contributed by atoms with Crippen LogP contribution in [0.1, 0.15) is 50.9 Å². The molecule has 1 aliphatic heterocycles. The molecule has 1 aromatic rings. The summed E-state index contributed by atoms with van der Waals surface area (Å²) in [6, 6.07) is 5.66. The standard InChI is InChI=1S/C21H30N2O6S/c1-14-10-15(2)13-23(12-14)21(26)17(4)29-20(25)8-9-22-30(27,28)19-7-5-6-18(11-19)16(3)24/h5-7,11,14-15,17,22H,8-10,12-13H2,1-4H3. The van der Waals surface area contributed by atoms with E-state index in [9.17, 15) is 22.8 Å². The number of piperidine rings is 1. The Balaban J connectivity index is 1.84. The van der Waals surface area contributed by atoms with Gasteiger partial charge in [-0.25, -0.2) is 13.1 Å². The third kappa shape index (κ3) is 6.63. The van der Waals surface area contributed by atoms with Crippen LogP contribution in [0.5, 0.6) is 0 Å². The highest BCUT2D eigenvalue weighted by atomic mass is 32.2. The summed E-state index contributed by atoms with van der Waals surface area (Å²) in [4.78, 5) is 37.7. The van der Waals surface area contributed by atoms with Crippen molar-refractivity contribution in [3.63, 3.8) is 0 Å². The van der Waals surface area contributed by atoms with E-state index in [-0.39, 0.29) is 35.1 Å². The van der Waals surface area contributed by atoms with Gasteiger partial charge in [0, 0.05) is 25.2 Å². The first-order valence-electron chi connectivity index (χ1n) is 10.1. The summed E-state index contributed by atoms with van der Waals surface area (Å²) in [7, 11) is -3.87. The highest BCUT2D eigenvalue weighted by Gasteiger charge is 2.30. The third-order valence-corrected chi connectivity index (χ3v) is 6.47. The lowest BCUT2D eigenvalue weighted by molar-refractivity contribution is -0.160. The van der Waals surface area contributed by atoms with Crippen molar-refractivity contribution in [2.24, 2.45) is 11.8 Å². The Hall–Kier alpha value is -2.26. The van der Waals surface area contributed by atoms with Gasteiger partial charge in [-0.1, -0.05) is 26.0 Å². The van der Waals surface area contributed by atoms with E-state index in [0.717, 1.165) is 6.42 Å². The minimum Gasteiger partial charge on any atom is -0.452 e. The Morgan fingerprint density at radius 3 is 2.43 bits per heavy atom. The highest BCUT2D eigenvalue weighted by Crippen LogP contribution is 2.22. The molecule has 9 heteroatoms. The quantitative estimate of drug-likeness (QED) is 0.491. The van der Waals surface area contributed by atoms with Gasteiger partial charge < -0.3 is 9.64 Å². The van der Waals surface area contributed by atoms with Gasteiger partial charge in [-0.05, 0) is 44.2 Å². The van der Waals surface area contributed by atoms with E-state index in [1.54, 1.807) is 4.90 Å². The van der Waals surface area contributed by atoms with E-state index in [1.807, 2.05) is 0 Å². The molecule has 0 saturated carbocycles. The van der Waals surface area contributed by atoms with Gasteiger partial charge in [0.2, 0.25) is 10.0 Å². The largest absolute Gasteiger partial charge is 0.452 e. The molecule has 1 aromatic carbocycles. The van der Waals surface area contributed by atoms with Crippen LogP contribution in [0.15, 0.2) is 29.2 Å². The molecule has 0 aliphatic carbocycles. The van der Waals surface area contributed by atoms with Crippen LogP contribution in [0.4, 0.5) is 0 Å². The van der Waals surface area contributed by atoms with Crippen molar-refractivity contribution in [1.82, 2.24) is 9.62 Å². The normalized spacial score (nSPS) is 20.5. The van der Waals surface area contributed by atoms with Crippen molar-refractivity contribution in [2.75, 3.05) is 19.6 Å². The smallest absolute Gasteiger partial charge is 0.307 e. The molecule has 1 fully saturated rings. The molecule has 0 spiro atoms. The van der Waals surface area contributed by atoms with Crippen LogP contribution in [0.3, 0.4) is 0 Å². The number of benzene rings is 1. The maximum absolute atomic E-state index is 12.5. The van der Waals surface area contributed by atoms with E-state index in [2.05, 4.69) is 18.6 Å². The second kappa shape index (κ2) is 10.2. The van der Waals surface area contributed by atoms with Gasteiger partial charge in [-0.15, -0.1) is 0 Å². The molecule has 1 aliphatic rings. The number of esters is 1. The first-order valence-corrected chi connectivity index (χ1v) is 11.6. The van der Waals surface area contributed by atoms with Gasteiger partial charge in [0.25, 0.3) is 5.91 Å². The molecule has 1 amide bonds. The molecule has 1 saturated heterocycles. The van der Waals surface area contributed by atoms with Crippen molar-refractivity contribution in [3.05, 3.63) is 29.8 Å². The molecule has 2 rings (SSSR count). The van der Waals surface area contributed by atoms with E-state index < -0.39 is 22.1 Å². The predicted molar refractivity (Wildman–Crippen MR) is 111 cm³/mol. The van der Waals surface area contributed by atoms with E-state index in [1.165, 1.54) is 38.1 Å². The Kier molecular flexibility index (Phi) is 8.14. The van der Waals surface area contributed by atoms with Crippen molar-refractivity contribution in [1.29, 1.82) is 0 Å². The van der Waals surface area contributed by atoms with E-state index in [0.29, 0.717) is 24.9 Å². The molecule has 0 bridgehead atoms. The number of sulfonamides is 1. The number of nitrogens with zero attached hydrogens (tertiary/aromatic N) is 1. The number of nitrogens with one attached hydrogen (secondary N) is 1. The summed E-state index contributed by atoms with van der Waals surface area (Å²) in [5, 5.41) is 0. The van der Waals surface area contributed by atoms with Gasteiger partial charge in [0.05, 0.1) is 11.3 Å². The maximum Gasteiger partial charge on any atom is 0.307 e. The SMILES string of the molecule is CC(=O)c1cccc(S(=O)(=O)NCCC(=O)OC(C)C(=O)N2CC(C)CC(C)C2)c1. The van der Waals surface area contributed by atoms with Crippen LogP contribution in [-0.4, -0.2) is 56.7 Å². The third-order valence-electron chi connectivity index (χ3n) is 5.01. The lowest BCUT2D eigenvalue weighted by Gasteiger charge is -2.36. The molecule has 0 aromatic heterocycles. The molecule has 1 heterocycles. The Bertz CT molecular complexity index is 889. The van der Waals surface area contributed by atoms with Crippen LogP contribution in [0.25, 0.3) is 0 Å². The number of rotatable bonds is 8. The number of likely N-dealkylation sites (tertiary alicyclic amines) is 1. The molecule has 3 atom stereocenters. The Morgan fingerprint density at radius 2 is 1.83 bits per heavy atom. The van der Waals surface area contributed by atoms with Crippen molar-refractivity contribution in [2.45, 2.75) is 51.5 Å². The molecular formula is C21H30N2O6S. The number of carbonyl (C=O) groups excluding carboxylic acids is 3. The Labute approximate surface area is 178 Å². The van der Waals surface area contributed by atoms with Gasteiger partial charge in [0.1, 0.15) is 0 Å². The minimum atomic E-state index is -3.87. The topological polar surface area (TPSA) is 110 Å². The molecular weight excluding hydrogens is 408 g/mol. The number of ether oxygens (including phenoxy) is 1. The fourth-order valence-electron chi connectivity index (χ4n) is 3.66. The first kappa shape index (κ1) is 24.0. The van der Waals surface area contributed by atoms with Gasteiger partial charge >= 0.3 is 5.97 Å². The second-order valence-electron chi connectivity index (χ2n) is 8.05. The van der Waals surface area contributed by atoms with Crippen LogP contribution >= 0.6 is 0 Å². The van der Waals surface area contributed by atoms with Gasteiger partial charge in [0.15, 0.2) is 11.9 Å². The average molecular weight is 439 g/mol. The zero-order valence-corrected chi connectivity index (χ0v) is 18.7. The number of hydrogen-bond donors (Lipinski definition) is 1. The molecule has 1 N–H and O–H groups in total. The van der Waals surface area contributed by atoms with Crippen LogP contribution in [0, 0.1) is 11.8 Å². The molecule has 3 unspecified atom stereocenters. The predicted octanol–water partition coefficient (Wildman–Crippen LogP) is 1.99. The molecule has 8 nitrogen and oxygen atoms in total. The average Bonchev–Trinajstić information content (AvgIpc) is 2.66. The summed E-state index contributed by atoms with van der Waals surface area (Å²) >= 11 is 0. The van der Waals surface area contributed by atoms with Gasteiger partial charge in [-0.3, -0.25) is 14.4 Å². The number of hydrogen-bond acceptors (Lipinski definition) is 6. The summed E-state index contributed by atoms with van der Waals surface area (Å²) in [6.07, 6.45) is -0.0671. The van der Waals surface area contributed by atoms with Crippen molar-refractivity contribution < 1.29 is 27.5 Å². The second-order valence-corrected chi connectivity index (χ2v) is 9.82. The van der Waals surface area contributed by atoms with Crippen LogP contribution < -0.4 is 4.72 Å². The summed E-state index contributed by atoms with van der Waals surface area (Å²) < 4.78 is 32.2.